The van der Waals surface area contributed by atoms with E-state index in [2.05, 4.69) is 24.0 Å². The van der Waals surface area contributed by atoms with E-state index in [0.717, 1.165) is 18.4 Å². The molecule has 0 unspecified atom stereocenters. The van der Waals surface area contributed by atoms with Crippen molar-refractivity contribution in [1.82, 2.24) is 9.55 Å². The zero-order valence-electron chi connectivity index (χ0n) is 10.1. The Morgan fingerprint density at radius 1 is 1.29 bits per heavy atom. The maximum Gasteiger partial charge on any atom is 0.0969 e. The van der Waals surface area contributed by atoms with Gasteiger partial charge in [-0.3, -0.25) is 0 Å². The molecule has 0 fully saturated rings. The molecule has 90 valence electrons. The predicted molar refractivity (Wildman–Crippen MR) is 67.6 cm³/mol. The van der Waals surface area contributed by atoms with Gasteiger partial charge in [0, 0.05) is 12.4 Å². The first-order valence-electron chi connectivity index (χ1n) is 6.02. The first-order valence-corrected chi connectivity index (χ1v) is 6.02. The molecule has 0 saturated heterocycles. The summed E-state index contributed by atoms with van der Waals surface area (Å²) in [6, 6.07) is 8.20. The standard InChI is InChI=1S/C14H18N2O/c1-2-3-12-4-6-13(7-5-12)14(17)10-16-9-8-15-11-16/h4-9,11,14,17H,2-3,10H2,1H3/t14-/m1/s1. The fourth-order valence-corrected chi connectivity index (χ4v) is 1.89. The van der Waals surface area contributed by atoms with Gasteiger partial charge in [-0.15, -0.1) is 0 Å². The number of hydrogen-bond acceptors (Lipinski definition) is 2. The number of imidazole rings is 1. The van der Waals surface area contributed by atoms with Crippen LogP contribution in [0.3, 0.4) is 0 Å². The highest BCUT2D eigenvalue weighted by molar-refractivity contribution is 5.24. The van der Waals surface area contributed by atoms with Crippen LogP contribution in [0.25, 0.3) is 0 Å². The molecule has 0 aliphatic heterocycles. The molecule has 0 radical (unpaired) electrons. The van der Waals surface area contributed by atoms with Gasteiger partial charge in [0.05, 0.1) is 19.0 Å². The van der Waals surface area contributed by atoms with Crippen molar-refractivity contribution in [2.45, 2.75) is 32.4 Å². The minimum absolute atomic E-state index is 0.472. The van der Waals surface area contributed by atoms with Crippen molar-refractivity contribution in [1.29, 1.82) is 0 Å². The van der Waals surface area contributed by atoms with Crippen LogP contribution in [0.1, 0.15) is 30.6 Å². The molecule has 0 aliphatic carbocycles. The van der Waals surface area contributed by atoms with Gasteiger partial charge in [0.2, 0.25) is 0 Å². The lowest BCUT2D eigenvalue weighted by molar-refractivity contribution is 0.156. The monoisotopic (exact) mass is 230 g/mol. The predicted octanol–water partition coefficient (Wildman–Crippen LogP) is 2.57. The quantitative estimate of drug-likeness (QED) is 0.857. The highest BCUT2D eigenvalue weighted by Crippen LogP contribution is 2.16. The number of aromatic nitrogens is 2. The van der Waals surface area contributed by atoms with Gasteiger partial charge in [0.1, 0.15) is 0 Å². The highest BCUT2D eigenvalue weighted by Gasteiger charge is 2.07. The van der Waals surface area contributed by atoms with Crippen molar-refractivity contribution in [2.24, 2.45) is 0 Å². The minimum atomic E-state index is -0.472. The average Bonchev–Trinajstić information content (AvgIpc) is 2.83. The van der Waals surface area contributed by atoms with Crippen LogP contribution in [-0.4, -0.2) is 14.7 Å². The van der Waals surface area contributed by atoms with E-state index in [1.165, 1.54) is 5.56 Å². The van der Waals surface area contributed by atoms with E-state index in [1.54, 1.807) is 12.5 Å². The van der Waals surface area contributed by atoms with Crippen LogP contribution in [0.2, 0.25) is 0 Å². The first-order chi connectivity index (χ1) is 8.29. The molecule has 1 aromatic carbocycles. The number of rotatable bonds is 5. The summed E-state index contributed by atoms with van der Waals surface area (Å²) in [5.41, 5.74) is 2.28. The summed E-state index contributed by atoms with van der Waals surface area (Å²) >= 11 is 0. The zero-order chi connectivity index (χ0) is 12.1. The summed E-state index contributed by atoms with van der Waals surface area (Å²) in [5, 5.41) is 10.1. The number of hydrogen-bond donors (Lipinski definition) is 1. The second kappa shape index (κ2) is 5.64. The van der Waals surface area contributed by atoms with Gasteiger partial charge in [-0.25, -0.2) is 4.98 Å². The smallest absolute Gasteiger partial charge is 0.0969 e. The van der Waals surface area contributed by atoms with E-state index in [4.69, 9.17) is 0 Å². The number of aliphatic hydroxyl groups excluding tert-OH is 1. The molecule has 0 bridgehead atoms. The van der Waals surface area contributed by atoms with Crippen LogP contribution in [0.4, 0.5) is 0 Å². The maximum atomic E-state index is 10.1. The lowest BCUT2D eigenvalue weighted by Gasteiger charge is -2.12. The van der Waals surface area contributed by atoms with Crippen molar-refractivity contribution >= 4 is 0 Å². The second-order valence-electron chi connectivity index (χ2n) is 4.27. The lowest BCUT2D eigenvalue weighted by Crippen LogP contribution is -2.07. The first kappa shape index (κ1) is 11.9. The molecule has 17 heavy (non-hydrogen) atoms. The van der Waals surface area contributed by atoms with E-state index >= 15 is 0 Å². The normalized spacial score (nSPS) is 12.6. The Morgan fingerprint density at radius 3 is 2.65 bits per heavy atom. The highest BCUT2D eigenvalue weighted by atomic mass is 16.3. The summed E-state index contributed by atoms with van der Waals surface area (Å²) in [5.74, 6) is 0. The molecule has 1 heterocycles. The molecule has 0 saturated carbocycles. The van der Waals surface area contributed by atoms with Crippen molar-refractivity contribution < 1.29 is 5.11 Å². The third-order valence-electron chi connectivity index (χ3n) is 2.85. The third kappa shape index (κ3) is 3.17. The Bertz CT molecular complexity index is 434. The molecular weight excluding hydrogens is 212 g/mol. The Hall–Kier alpha value is -1.61. The van der Waals surface area contributed by atoms with E-state index < -0.39 is 6.10 Å². The van der Waals surface area contributed by atoms with E-state index in [9.17, 15) is 5.11 Å². The number of aryl methyl sites for hydroxylation is 1. The van der Waals surface area contributed by atoms with Gasteiger partial charge in [-0.1, -0.05) is 37.6 Å². The lowest BCUT2D eigenvalue weighted by atomic mass is 10.0. The molecule has 3 heteroatoms. The second-order valence-corrected chi connectivity index (χ2v) is 4.27. The fourth-order valence-electron chi connectivity index (χ4n) is 1.89. The largest absolute Gasteiger partial charge is 0.387 e. The molecule has 0 amide bonds. The van der Waals surface area contributed by atoms with Gasteiger partial charge in [-0.2, -0.15) is 0 Å². The number of aliphatic hydroxyl groups is 1. The summed E-state index contributed by atoms with van der Waals surface area (Å²) in [6.07, 6.45) is 7.06. The van der Waals surface area contributed by atoms with E-state index in [1.807, 2.05) is 22.9 Å². The Morgan fingerprint density at radius 2 is 2.06 bits per heavy atom. The fraction of sp³-hybridized carbons (Fsp3) is 0.357. The van der Waals surface area contributed by atoms with Crippen molar-refractivity contribution in [3.63, 3.8) is 0 Å². The van der Waals surface area contributed by atoms with Crippen molar-refractivity contribution in [3.8, 4) is 0 Å². The molecule has 1 N–H and O–H groups in total. The van der Waals surface area contributed by atoms with Gasteiger partial charge in [-0.05, 0) is 17.5 Å². The molecule has 3 nitrogen and oxygen atoms in total. The molecule has 1 atom stereocenters. The SMILES string of the molecule is CCCc1ccc([C@H](O)Cn2ccnc2)cc1. The van der Waals surface area contributed by atoms with E-state index in [0.29, 0.717) is 6.54 Å². The molecular formula is C14H18N2O. The molecule has 1 aromatic heterocycles. The summed E-state index contributed by atoms with van der Waals surface area (Å²) < 4.78 is 1.88. The molecule has 2 rings (SSSR count). The maximum absolute atomic E-state index is 10.1. The van der Waals surface area contributed by atoms with Crippen LogP contribution in [0, 0.1) is 0 Å². The average molecular weight is 230 g/mol. The van der Waals surface area contributed by atoms with Gasteiger partial charge in [0.25, 0.3) is 0 Å². The Labute approximate surface area is 102 Å². The third-order valence-corrected chi connectivity index (χ3v) is 2.85. The van der Waals surface area contributed by atoms with Crippen molar-refractivity contribution in [3.05, 3.63) is 54.1 Å². The van der Waals surface area contributed by atoms with Gasteiger partial charge in [0.15, 0.2) is 0 Å². The number of nitrogens with zero attached hydrogens (tertiary/aromatic N) is 2. The Kier molecular flexibility index (Phi) is 3.94. The summed E-state index contributed by atoms with van der Waals surface area (Å²) in [7, 11) is 0. The van der Waals surface area contributed by atoms with E-state index in [-0.39, 0.29) is 0 Å². The van der Waals surface area contributed by atoms with Gasteiger partial charge < -0.3 is 9.67 Å². The van der Waals surface area contributed by atoms with Gasteiger partial charge >= 0.3 is 0 Å². The van der Waals surface area contributed by atoms with Crippen LogP contribution in [0.15, 0.2) is 43.0 Å². The van der Waals surface area contributed by atoms with Crippen LogP contribution < -0.4 is 0 Å². The molecule has 0 spiro atoms. The van der Waals surface area contributed by atoms with Crippen LogP contribution in [0.5, 0.6) is 0 Å². The Balaban J connectivity index is 2.01. The van der Waals surface area contributed by atoms with Crippen molar-refractivity contribution in [2.75, 3.05) is 0 Å². The zero-order valence-corrected chi connectivity index (χ0v) is 10.1. The summed E-state index contributed by atoms with van der Waals surface area (Å²) in [6.45, 7) is 2.72. The topological polar surface area (TPSA) is 38.0 Å². The van der Waals surface area contributed by atoms with Crippen LogP contribution >= 0.6 is 0 Å². The van der Waals surface area contributed by atoms with Crippen LogP contribution in [-0.2, 0) is 13.0 Å². The minimum Gasteiger partial charge on any atom is -0.387 e. The number of benzene rings is 1. The summed E-state index contributed by atoms with van der Waals surface area (Å²) in [4.78, 5) is 3.96. The molecule has 0 aliphatic rings. The molecule has 2 aromatic rings.